The molecule has 3 rings (SSSR count). The highest BCUT2D eigenvalue weighted by molar-refractivity contribution is 5.72. The van der Waals surface area contributed by atoms with Crippen molar-refractivity contribution in [3.63, 3.8) is 0 Å². The number of carboxylic acid groups (broad SMARTS) is 1. The number of para-hydroxylation sites is 1. The van der Waals surface area contributed by atoms with Crippen LogP contribution in [0.4, 0.5) is 4.79 Å². The van der Waals surface area contributed by atoms with Crippen LogP contribution >= 0.6 is 0 Å². The molecule has 0 bridgehead atoms. The minimum atomic E-state index is -0.986. The molecule has 1 N–H and O–H groups in total. The second-order valence-electron chi connectivity index (χ2n) is 8.52. The molecule has 3 aromatic carbocycles. The Hall–Kier alpha value is -4.04. The summed E-state index contributed by atoms with van der Waals surface area (Å²) in [5.74, 6) is 0.427. The van der Waals surface area contributed by atoms with Crippen molar-refractivity contribution in [3.05, 3.63) is 96.1 Å². The molecular formula is C30H35NO7. The fraction of sp³-hybridized carbons (Fsp3) is 0.333. The molecule has 1 atom stereocenters. The molecule has 0 spiro atoms. The third-order valence-electron chi connectivity index (χ3n) is 5.67. The van der Waals surface area contributed by atoms with Gasteiger partial charge in [-0.3, -0.25) is 0 Å². The van der Waals surface area contributed by atoms with Crippen molar-refractivity contribution in [1.29, 1.82) is 0 Å². The lowest BCUT2D eigenvalue weighted by Crippen LogP contribution is -2.36. The smallest absolute Gasteiger partial charge is 0.410 e. The third-order valence-corrected chi connectivity index (χ3v) is 5.67. The number of hydrogen-bond acceptors (Lipinski definition) is 6. The highest BCUT2D eigenvalue weighted by atomic mass is 16.6. The molecule has 0 aliphatic carbocycles. The Morgan fingerprint density at radius 2 is 1.42 bits per heavy atom. The zero-order chi connectivity index (χ0) is 27.0. The van der Waals surface area contributed by atoms with E-state index in [1.165, 1.54) is 0 Å². The predicted octanol–water partition coefficient (Wildman–Crippen LogP) is 5.21. The monoisotopic (exact) mass is 521 g/mol. The van der Waals surface area contributed by atoms with Gasteiger partial charge in [0, 0.05) is 19.6 Å². The quantitative estimate of drug-likeness (QED) is 0.259. The summed E-state index contributed by atoms with van der Waals surface area (Å²) < 4.78 is 22.4. The van der Waals surface area contributed by atoms with E-state index in [0.717, 1.165) is 16.9 Å². The van der Waals surface area contributed by atoms with E-state index in [0.29, 0.717) is 38.5 Å². The first-order valence-corrected chi connectivity index (χ1v) is 12.7. The number of benzene rings is 3. The number of amides is 1. The maximum Gasteiger partial charge on any atom is 0.410 e. The predicted molar refractivity (Wildman–Crippen MR) is 143 cm³/mol. The molecule has 0 heterocycles. The lowest BCUT2D eigenvalue weighted by Gasteiger charge is -2.22. The van der Waals surface area contributed by atoms with Gasteiger partial charge in [0.1, 0.15) is 24.7 Å². The topological polar surface area (TPSA) is 94.5 Å². The van der Waals surface area contributed by atoms with Crippen molar-refractivity contribution in [1.82, 2.24) is 4.90 Å². The molecule has 1 amide bonds. The molecular weight excluding hydrogens is 486 g/mol. The van der Waals surface area contributed by atoms with Crippen LogP contribution in [0, 0.1) is 0 Å². The Labute approximate surface area is 223 Å². The van der Waals surface area contributed by atoms with E-state index < -0.39 is 18.2 Å². The molecule has 0 radical (unpaired) electrons. The minimum Gasteiger partial charge on any atom is -0.494 e. The number of carbonyl (C=O) groups is 2. The second-order valence-corrected chi connectivity index (χ2v) is 8.52. The Morgan fingerprint density at radius 3 is 2.08 bits per heavy atom. The summed E-state index contributed by atoms with van der Waals surface area (Å²) >= 11 is 0. The Balaban J connectivity index is 1.50. The molecule has 8 heteroatoms. The number of nitrogens with zero attached hydrogens (tertiary/aromatic N) is 1. The standard InChI is InChI=1S/C30H35NO7/c1-2-35-28(29(32)33)22-24-14-16-27(17-15-24)37-21-19-31(18-9-20-36-26-12-7-4-8-13-26)30(34)38-23-25-10-5-3-6-11-25/h3-8,10-17,28H,2,9,18-23H2,1H3,(H,32,33). The zero-order valence-corrected chi connectivity index (χ0v) is 21.7. The van der Waals surface area contributed by atoms with E-state index in [1.807, 2.05) is 72.8 Å². The lowest BCUT2D eigenvalue weighted by molar-refractivity contribution is -0.149. The highest BCUT2D eigenvalue weighted by Crippen LogP contribution is 2.15. The first-order valence-electron chi connectivity index (χ1n) is 12.7. The summed E-state index contributed by atoms with van der Waals surface area (Å²) in [6.07, 6.45) is -0.388. The Bertz CT molecular complexity index is 1090. The fourth-order valence-corrected chi connectivity index (χ4v) is 3.70. The van der Waals surface area contributed by atoms with Crippen molar-refractivity contribution in [2.24, 2.45) is 0 Å². The summed E-state index contributed by atoms with van der Waals surface area (Å²) in [5, 5.41) is 9.27. The number of rotatable bonds is 16. The molecule has 8 nitrogen and oxygen atoms in total. The van der Waals surface area contributed by atoms with Crippen LogP contribution in [0.5, 0.6) is 11.5 Å². The SMILES string of the molecule is CCOC(Cc1ccc(OCCN(CCCOc2ccccc2)C(=O)OCc2ccccc2)cc1)C(=O)O. The first kappa shape index (κ1) is 28.5. The first-order chi connectivity index (χ1) is 18.5. The number of hydrogen-bond donors (Lipinski definition) is 1. The van der Waals surface area contributed by atoms with E-state index in [1.54, 1.807) is 24.0 Å². The zero-order valence-electron chi connectivity index (χ0n) is 21.7. The average Bonchev–Trinajstić information content (AvgIpc) is 2.94. The number of carboxylic acids is 1. The van der Waals surface area contributed by atoms with Crippen molar-refractivity contribution in [2.45, 2.75) is 32.5 Å². The normalized spacial score (nSPS) is 11.4. The van der Waals surface area contributed by atoms with Gasteiger partial charge in [-0.05, 0) is 48.7 Å². The third kappa shape index (κ3) is 10.1. The van der Waals surface area contributed by atoms with E-state index >= 15 is 0 Å². The van der Waals surface area contributed by atoms with Gasteiger partial charge >= 0.3 is 12.1 Å². The van der Waals surface area contributed by atoms with Crippen molar-refractivity contribution in [3.8, 4) is 11.5 Å². The van der Waals surface area contributed by atoms with E-state index in [-0.39, 0.29) is 19.6 Å². The van der Waals surface area contributed by atoms with Crippen LogP contribution in [0.3, 0.4) is 0 Å². The molecule has 0 saturated carbocycles. The molecule has 202 valence electrons. The van der Waals surface area contributed by atoms with Crippen molar-refractivity contribution >= 4 is 12.1 Å². The van der Waals surface area contributed by atoms with Gasteiger partial charge in [-0.2, -0.15) is 0 Å². The van der Waals surface area contributed by atoms with Crippen LogP contribution in [0.1, 0.15) is 24.5 Å². The van der Waals surface area contributed by atoms with Gasteiger partial charge < -0.3 is 29.0 Å². The van der Waals surface area contributed by atoms with Gasteiger partial charge in [0.2, 0.25) is 0 Å². The summed E-state index contributed by atoms with van der Waals surface area (Å²) in [6.45, 7) is 3.83. The molecule has 0 aliphatic heterocycles. The molecule has 3 aromatic rings. The number of carbonyl (C=O) groups excluding carboxylic acids is 1. The maximum absolute atomic E-state index is 12.8. The van der Waals surface area contributed by atoms with E-state index in [9.17, 15) is 14.7 Å². The van der Waals surface area contributed by atoms with Crippen LogP contribution in [0.15, 0.2) is 84.9 Å². The van der Waals surface area contributed by atoms with Gasteiger partial charge in [-0.15, -0.1) is 0 Å². The lowest BCUT2D eigenvalue weighted by atomic mass is 10.1. The van der Waals surface area contributed by atoms with Crippen LogP contribution < -0.4 is 9.47 Å². The van der Waals surface area contributed by atoms with Crippen LogP contribution in [0.25, 0.3) is 0 Å². The van der Waals surface area contributed by atoms with Crippen LogP contribution in [-0.2, 0) is 27.3 Å². The molecule has 1 unspecified atom stereocenters. The van der Waals surface area contributed by atoms with Gasteiger partial charge in [0.25, 0.3) is 0 Å². The molecule has 0 saturated heterocycles. The summed E-state index contributed by atoms with van der Waals surface area (Å²) in [5.41, 5.74) is 1.75. The minimum absolute atomic E-state index is 0.193. The van der Waals surface area contributed by atoms with Crippen molar-refractivity contribution in [2.75, 3.05) is 32.9 Å². The van der Waals surface area contributed by atoms with Crippen molar-refractivity contribution < 1.29 is 33.6 Å². The van der Waals surface area contributed by atoms with Gasteiger partial charge in [0.15, 0.2) is 6.10 Å². The molecule has 0 aromatic heterocycles. The number of ether oxygens (including phenoxy) is 4. The number of aliphatic carboxylic acids is 1. The molecule has 0 fully saturated rings. The molecule has 0 aliphatic rings. The second kappa shape index (κ2) is 15.9. The summed E-state index contributed by atoms with van der Waals surface area (Å²) in [7, 11) is 0. The van der Waals surface area contributed by atoms with Crippen LogP contribution in [0.2, 0.25) is 0 Å². The summed E-state index contributed by atoms with van der Waals surface area (Å²) in [6, 6.07) is 26.3. The van der Waals surface area contributed by atoms with Gasteiger partial charge in [-0.25, -0.2) is 9.59 Å². The highest BCUT2D eigenvalue weighted by Gasteiger charge is 2.18. The van der Waals surface area contributed by atoms with E-state index in [2.05, 4.69) is 0 Å². The maximum atomic E-state index is 12.8. The fourth-order valence-electron chi connectivity index (χ4n) is 3.70. The Morgan fingerprint density at radius 1 is 0.789 bits per heavy atom. The van der Waals surface area contributed by atoms with Gasteiger partial charge in [0.05, 0.1) is 13.2 Å². The Kier molecular flexibility index (Phi) is 12.0. The largest absolute Gasteiger partial charge is 0.494 e. The van der Waals surface area contributed by atoms with Crippen LogP contribution in [-0.4, -0.2) is 61.1 Å². The summed E-state index contributed by atoms with van der Waals surface area (Å²) in [4.78, 5) is 25.8. The van der Waals surface area contributed by atoms with E-state index in [4.69, 9.17) is 18.9 Å². The average molecular weight is 522 g/mol. The van der Waals surface area contributed by atoms with Gasteiger partial charge in [-0.1, -0.05) is 60.7 Å². The molecule has 38 heavy (non-hydrogen) atoms.